The molecule has 2 N–H and O–H groups in total. The van der Waals surface area contributed by atoms with Crippen molar-refractivity contribution < 1.29 is 9.59 Å². The lowest BCUT2D eigenvalue weighted by Crippen LogP contribution is -2.32. The molecule has 0 aromatic carbocycles. The average molecular weight is 309 g/mol. The molecule has 0 aromatic heterocycles. The first-order valence-corrected chi connectivity index (χ1v) is 8.29. The molecule has 0 bridgehead atoms. The van der Waals surface area contributed by atoms with E-state index >= 15 is 0 Å². The zero-order chi connectivity index (χ0) is 16.8. The van der Waals surface area contributed by atoms with Gasteiger partial charge in [0.25, 0.3) is 0 Å². The first kappa shape index (κ1) is 18.7. The number of hydrogen-bond acceptors (Lipinski definition) is 3. The van der Waals surface area contributed by atoms with Crippen LogP contribution in [-0.2, 0) is 9.59 Å². The van der Waals surface area contributed by atoms with E-state index in [0.717, 1.165) is 31.4 Å². The summed E-state index contributed by atoms with van der Waals surface area (Å²) >= 11 is 0. The van der Waals surface area contributed by atoms with Gasteiger partial charge >= 0.3 is 0 Å². The quantitative estimate of drug-likeness (QED) is 0.605. The molecule has 1 fully saturated rings. The topological polar surface area (TPSA) is 70.6 Å². The number of hydrogen-bond donors (Lipinski definition) is 2. The van der Waals surface area contributed by atoms with Gasteiger partial charge in [-0.1, -0.05) is 34.6 Å². The third-order valence-electron chi connectivity index (χ3n) is 4.15. The van der Waals surface area contributed by atoms with E-state index in [1.54, 1.807) is 0 Å². The highest BCUT2D eigenvalue weighted by Crippen LogP contribution is 2.36. The standard InChI is InChI=1S/C17H31N3O2/c1-12(2)11-18-15(21)10-16(22)20-19-14-8-6-13(7-9-14)17(3,4)5/h12-13H,6-11H2,1-5H3,(H,18,21)(H,20,22). The van der Waals surface area contributed by atoms with Crippen molar-refractivity contribution in [1.29, 1.82) is 0 Å². The number of amides is 2. The van der Waals surface area contributed by atoms with Gasteiger partial charge < -0.3 is 5.32 Å². The van der Waals surface area contributed by atoms with Crippen molar-refractivity contribution in [2.75, 3.05) is 6.54 Å². The Morgan fingerprint density at radius 3 is 2.27 bits per heavy atom. The second-order valence-electron chi connectivity index (χ2n) is 7.73. The van der Waals surface area contributed by atoms with Gasteiger partial charge in [-0.2, -0.15) is 5.10 Å². The molecule has 0 aliphatic heterocycles. The van der Waals surface area contributed by atoms with Crippen LogP contribution in [0.3, 0.4) is 0 Å². The number of nitrogens with one attached hydrogen (secondary N) is 2. The van der Waals surface area contributed by atoms with E-state index in [4.69, 9.17) is 0 Å². The molecule has 0 spiro atoms. The van der Waals surface area contributed by atoms with E-state index in [9.17, 15) is 9.59 Å². The van der Waals surface area contributed by atoms with Gasteiger partial charge in [0.05, 0.1) is 0 Å². The second-order valence-corrected chi connectivity index (χ2v) is 7.73. The second kappa shape index (κ2) is 8.30. The van der Waals surface area contributed by atoms with E-state index in [2.05, 4.69) is 36.6 Å². The zero-order valence-corrected chi connectivity index (χ0v) is 14.7. The number of hydrazone groups is 1. The summed E-state index contributed by atoms with van der Waals surface area (Å²) in [6, 6.07) is 0. The molecule has 1 saturated carbocycles. The maximum Gasteiger partial charge on any atom is 0.249 e. The first-order chi connectivity index (χ1) is 10.2. The molecule has 22 heavy (non-hydrogen) atoms. The summed E-state index contributed by atoms with van der Waals surface area (Å²) in [5.41, 5.74) is 3.89. The Bertz CT molecular complexity index is 412. The van der Waals surface area contributed by atoms with E-state index in [1.807, 2.05) is 13.8 Å². The van der Waals surface area contributed by atoms with Crippen LogP contribution >= 0.6 is 0 Å². The fourth-order valence-electron chi connectivity index (χ4n) is 2.64. The van der Waals surface area contributed by atoms with Crippen molar-refractivity contribution in [3.8, 4) is 0 Å². The van der Waals surface area contributed by atoms with Crippen LogP contribution in [0.15, 0.2) is 5.10 Å². The Morgan fingerprint density at radius 2 is 1.77 bits per heavy atom. The van der Waals surface area contributed by atoms with Crippen LogP contribution in [-0.4, -0.2) is 24.1 Å². The van der Waals surface area contributed by atoms with Crippen molar-refractivity contribution in [2.45, 2.75) is 66.7 Å². The van der Waals surface area contributed by atoms with Crippen molar-refractivity contribution >= 4 is 17.5 Å². The Morgan fingerprint density at radius 1 is 1.18 bits per heavy atom. The molecular weight excluding hydrogens is 278 g/mol. The van der Waals surface area contributed by atoms with Crippen molar-refractivity contribution in [2.24, 2.45) is 22.4 Å². The minimum Gasteiger partial charge on any atom is -0.355 e. The van der Waals surface area contributed by atoms with Crippen molar-refractivity contribution in [3.63, 3.8) is 0 Å². The normalized spacial score (nSPS) is 19.0. The van der Waals surface area contributed by atoms with Crippen LogP contribution in [0, 0.1) is 17.3 Å². The SMILES string of the molecule is CC(C)CNC(=O)CC(=O)NN=C1CCC(C(C)(C)C)CC1. The van der Waals surface area contributed by atoms with Gasteiger partial charge in [0, 0.05) is 12.3 Å². The van der Waals surface area contributed by atoms with Gasteiger partial charge in [0.1, 0.15) is 6.42 Å². The fourth-order valence-corrected chi connectivity index (χ4v) is 2.64. The van der Waals surface area contributed by atoms with E-state index in [1.165, 1.54) is 0 Å². The van der Waals surface area contributed by atoms with Crippen LogP contribution in [0.4, 0.5) is 0 Å². The summed E-state index contributed by atoms with van der Waals surface area (Å²) in [5.74, 6) is 0.503. The Hall–Kier alpha value is -1.39. The van der Waals surface area contributed by atoms with Crippen LogP contribution in [0.2, 0.25) is 0 Å². The molecule has 0 radical (unpaired) electrons. The lowest BCUT2D eigenvalue weighted by molar-refractivity contribution is -0.129. The monoisotopic (exact) mass is 309 g/mol. The summed E-state index contributed by atoms with van der Waals surface area (Å²) in [6.07, 6.45) is 3.94. The van der Waals surface area contributed by atoms with Crippen LogP contribution in [0.5, 0.6) is 0 Å². The number of rotatable bonds is 5. The van der Waals surface area contributed by atoms with Crippen LogP contribution < -0.4 is 10.7 Å². The van der Waals surface area contributed by atoms with E-state index in [0.29, 0.717) is 23.8 Å². The first-order valence-electron chi connectivity index (χ1n) is 8.29. The number of carbonyl (C=O) groups excluding carboxylic acids is 2. The molecule has 0 saturated heterocycles. The molecule has 1 aliphatic carbocycles. The minimum atomic E-state index is -0.341. The number of carbonyl (C=O) groups is 2. The Kier molecular flexibility index (Phi) is 7.04. The van der Waals surface area contributed by atoms with Gasteiger partial charge in [0.15, 0.2) is 0 Å². The lowest BCUT2D eigenvalue weighted by atomic mass is 9.72. The van der Waals surface area contributed by atoms with Gasteiger partial charge in [-0.25, -0.2) is 5.43 Å². The summed E-state index contributed by atoms with van der Waals surface area (Å²) < 4.78 is 0. The molecule has 0 atom stereocenters. The largest absolute Gasteiger partial charge is 0.355 e. The summed E-state index contributed by atoms with van der Waals surface area (Å²) in [6.45, 7) is 11.4. The highest BCUT2D eigenvalue weighted by atomic mass is 16.2. The molecule has 5 nitrogen and oxygen atoms in total. The van der Waals surface area contributed by atoms with Gasteiger partial charge in [-0.05, 0) is 42.9 Å². The highest BCUT2D eigenvalue weighted by molar-refractivity contribution is 5.97. The predicted octanol–water partition coefficient (Wildman–Crippen LogP) is 2.86. The van der Waals surface area contributed by atoms with Crippen LogP contribution in [0.25, 0.3) is 0 Å². The Balaban J connectivity index is 2.31. The summed E-state index contributed by atoms with van der Waals surface area (Å²) in [4.78, 5) is 23.2. The predicted molar refractivity (Wildman–Crippen MR) is 89.5 cm³/mol. The average Bonchev–Trinajstić information content (AvgIpc) is 2.42. The third-order valence-corrected chi connectivity index (χ3v) is 4.15. The third kappa shape index (κ3) is 7.05. The molecule has 2 amide bonds. The van der Waals surface area contributed by atoms with Gasteiger partial charge in [-0.3, -0.25) is 9.59 Å². The Labute approximate surface area is 134 Å². The van der Waals surface area contributed by atoms with E-state index in [-0.39, 0.29) is 18.2 Å². The molecule has 126 valence electrons. The van der Waals surface area contributed by atoms with Crippen molar-refractivity contribution in [1.82, 2.24) is 10.7 Å². The maximum atomic E-state index is 11.7. The molecule has 0 aromatic rings. The van der Waals surface area contributed by atoms with Crippen LogP contribution in [0.1, 0.15) is 66.7 Å². The van der Waals surface area contributed by atoms with E-state index < -0.39 is 0 Å². The molecule has 0 unspecified atom stereocenters. The van der Waals surface area contributed by atoms with Gasteiger partial charge in [-0.15, -0.1) is 0 Å². The maximum absolute atomic E-state index is 11.7. The summed E-state index contributed by atoms with van der Waals surface area (Å²) in [7, 11) is 0. The fraction of sp³-hybridized carbons (Fsp3) is 0.824. The highest BCUT2D eigenvalue weighted by Gasteiger charge is 2.28. The molecular formula is C17H31N3O2. The van der Waals surface area contributed by atoms with Crippen molar-refractivity contribution in [3.05, 3.63) is 0 Å². The smallest absolute Gasteiger partial charge is 0.249 e. The molecule has 5 heteroatoms. The molecule has 1 aliphatic rings. The number of nitrogens with zero attached hydrogens (tertiary/aromatic N) is 1. The zero-order valence-electron chi connectivity index (χ0n) is 14.7. The van der Waals surface area contributed by atoms with Gasteiger partial charge in [0.2, 0.25) is 11.8 Å². The minimum absolute atomic E-state index is 0.159. The molecule has 1 rings (SSSR count). The molecule has 0 heterocycles. The lowest BCUT2D eigenvalue weighted by Gasteiger charge is -2.34. The summed E-state index contributed by atoms with van der Waals surface area (Å²) in [5, 5.41) is 6.91.